The maximum Gasteiger partial charge on any atom is 0.246 e. The molecule has 1 heterocycles. The number of hydrogen-bond donors (Lipinski definition) is 1. The normalized spacial score (nSPS) is 21.2. The number of imide groups is 1. The van der Waals surface area contributed by atoms with Crippen molar-refractivity contribution < 1.29 is 9.59 Å². The molecule has 0 aromatic heterocycles. The molecule has 1 aliphatic rings. The molecule has 0 aromatic carbocycles. The summed E-state index contributed by atoms with van der Waals surface area (Å²) in [6, 6.07) is -0.278. The molecule has 16 heavy (non-hydrogen) atoms. The van der Waals surface area contributed by atoms with Crippen LogP contribution in [0.25, 0.3) is 0 Å². The van der Waals surface area contributed by atoms with Gasteiger partial charge >= 0.3 is 0 Å². The molecule has 1 fully saturated rings. The van der Waals surface area contributed by atoms with E-state index in [1.807, 2.05) is 6.92 Å². The summed E-state index contributed by atoms with van der Waals surface area (Å²) in [7, 11) is 0. The summed E-state index contributed by atoms with van der Waals surface area (Å²) in [5.74, 6) is 0.584. The van der Waals surface area contributed by atoms with E-state index in [4.69, 9.17) is 0 Å². The first-order valence-corrected chi connectivity index (χ1v) is 6.13. The van der Waals surface area contributed by atoms with Crippen LogP contribution in [0.15, 0.2) is 0 Å². The summed E-state index contributed by atoms with van der Waals surface area (Å²) < 4.78 is 0. The van der Waals surface area contributed by atoms with Gasteiger partial charge in [-0.25, -0.2) is 0 Å². The predicted molar refractivity (Wildman–Crippen MR) is 62.9 cm³/mol. The van der Waals surface area contributed by atoms with Gasteiger partial charge in [-0.1, -0.05) is 13.8 Å². The van der Waals surface area contributed by atoms with E-state index in [1.165, 1.54) is 4.90 Å². The van der Waals surface area contributed by atoms with Crippen molar-refractivity contribution >= 4 is 11.8 Å². The zero-order chi connectivity index (χ0) is 12.1. The highest BCUT2D eigenvalue weighted by Crippen LogP contribution is 2.12. The topological polar surface area (TPSA) is 49.4 Å². The highest BCUT2D eigenvalue weighted by atomic mass is 16.2. The van der Waals surface area contributed by atoms with E-state index < -0.39 is 0 Å². The molecule has 0 aliphatic carbocycles. The van der Waals surface area contributed by atoms with E-state index in [-0.39, 0.29) is 17.9 Å². The monoisotopic (exact) mass is 226 g/mol. The summed E-state index contributed by atoms with van der Waals surface area (Å²) in [5, 5.41) is 3.17. The molecular weight excluding hydrogens is 204 g/mol. The van der Waals surface area contributed by atoms with Crippen molar-refractivity contribution in [3.8, 4) is 0 Å². The number of hydrogen-bond acceptors (Lipinski definition) is 3. The van der Waals surface area contributed by atoms with E-state index in [1.54, 1.807) is 0 Å². The van der Waals surface area contributed by atoms with Crippen LogP contribution in [-0.4, -0.2) is 35.8 Å². The average Bonchev–Trinajstić information content (AvgIpc) is 2.48. The minimum absolute atomic E-state index is 0.0474. The SMILES string of the molecule is CCN1C(=O)CC(NCCCC(C)C)C1=O. The van der Waals surface area contributed by atoms with Crippen molar-refractivity contribution in [2.24, 2.45) is 5.92 Å². The van der Waals surface area contributed by atoms with Crippen molar-refractivity contribution in [3.63, 3.8) is 0 Å². The molecular formula is C12H22N2O2. The zero-order valence-electron chi connectivity index (χ0n) is 10.5. The lowest BCUT2D eigenvalue weighted by atomic mass is 10.1. The highest BCUT2D eigenvalue weighted by molar-refractivity contribution is 6.05. The van der Waals surface area contributed by atoms with E-state index in [0.29, 0.717) is 18.9 Å². The van der Waals surface area contributed by atoms with Gasteiger partial charge in [-0.05, 0) is 32.2 Å². The van der Waals surface area contributed by atoms with Gasteiger partial charge in [-0.2, -0.15) is 0 Å². The van der Waals surface area contributed by atoms with Gasteiger partial charge in [0.15, 0.2) is 0 Å². The fourth-order valence-corrected chi connectivity index (χ4v) is 1.96. The molecule has 0 aromatic rings. The van der Waals surface area contributed by atoms with Crippen LogP contribution in [0.4, 0.5) is 0 Å². The molecule has 1 N–H and O–H groups in total. The first kappa shape index (κ1) is 13.2. The molecule has 4 nitrogen and oxygen atoms in total. The number of rotatable bonds is 6. The molecule has 0 radical (unpaired) electrons. The van der Waals surface area contributed by atoms with Crippen LogP contribution in [0.3, 0.4) is 0 Å². The largest absolute Gasteiger partial charge is 0.305 e. The summed E-state index contributed by atoms with van der Waals surface area (Å²) >= 11 is 0. The van der Waals surface area contributed by atoms with Crippen LogP contribution in [0.1, 0.15) is 40.0 Å². The van der Waals surface area contributed by atoms with Gasteiger partial charge in [0.25, 0.3) is 0 Å². The van der Waals surface area contributed by atoms with E-state index in [0.717, 1.165) is 19.4 Å². The number of likely N-dealkylation sites (N-methyl/N-ethyl adjacent to an activating group) is 1. The van der Waals surface area contributed by atoms with Gasteiger partial charge in [0.05, 0.1) is 12.5 Å². The molecule has 0 spiro atoms. The second-order valence-electron chi connectivity index (χ2n) is 4.72. The van der Waals surface area contributed by atoms with Gasteiger partial charge in [-0.15, -0.1) is 0 Å². The molecule has 0 saturated carbocycles. The van der Waals surface area contributed by atoms with Crippen LogP contribution >= 0.6 is 0 Å². The van der Waals surface area contributed by atoms with Crippen molar-refractivity contribution in [2.75, 3.05) is 13.1 Å². The number of carbonyl (C=O) groups is 2. The lowest BCUT2D eigenvalue weighted by molar-refractivity contribution is -0.138. The Kier molecular flexibility index (Phi) is 4.93. The van der Waals surface area contributed by atoms with E-state index in [2.05, 4.69) is 19.2 Å². The third-order valence-electron chi connectivity index (χ3n) is 2.91. The van der Waals surface area contributed by atoms with Crippen LogP contribution in [0, 0.1) is 5.92 Å². The highest BCUT2D eigenvalue weighted by Gasteiger charge is 2.36. The molecule has 2 amide bonds. The zero-order valence-corrected chi connectivity index (χ0v) is 10.5. The van der Waals surface area contributed by atoms with Crippen molar-refractivity contribution in [1.82, 2.24) is 10.2 Å². The summed E-state index contributed by atoms with van der Waals surface area (Å²) in [4.78, 5) is 24.5. The first-order chi connectivity index (χ1) is 7.56. The minimum Gasteiger partial charge on any atom is -0.305 e. The Balaban J connectivity index is 2.29. The van der Waals surface area contributed by atoms with Crippen LogP contribution in [0.2, 0.25) is 0 Å². The van der Waals surface area contributed by atoms with Crippen molar-refractivity contribution in [2.45, 2.75) is 46.1 Å². The summed E-state index contributed by atoms with van der Waals surface area (Å²) in [6.45, 7) is 7.50. The molecule has 92 valence electrons. The summed E-state index contributed by atoms with van der Waals surface area (Å²) in [5.41, 5.74) is 0. The van der Waals surface area contributed by atoms with Crippen molar-refractivity contribution in [1.29, 1.82) is 0 Å². The standard InChI is InChI=1S/C12H22N2O2/c1-4-14-11(15)8-10(12(14)16)13-7-5-6-9(2)3/h9-10,13H,4-8H2,1-3H3. The van der Waals surface area contributed by atoms with Gasteiger partial charge in [0.2, 0.25) is 11.8 Å². The Bertz CT molecular complexity index is 264. The Morgan fingerprint density at radius 3 is 2.62 bits per heavy atom. The van der Waals surface area contributed by atoms with Crippen LogP contribution in [0.5, 0.6) is 0 Å². The van der Waals surface area contributed by atoms with Gasteiger partial charge in [0, 0.05) is 6.54 Å². The molecule has 0 bridgehead atoms. The van der Waals surface area contributed by atoms with E-state index in [9.17, 15) is 9.59 Å². The van der Waals surface area contributed by atoms with Crippen molar-refractivity contribution in [3.05, 3.63) is 0 Å². The number of amides is 2. The predicted octanol–water partition coefficient (Wildman–Crippen LogP) is 1.16. The maximum absolute atomic E-state index is 11.7. The number of carbonyl (C=O) groups excluding carboxylic acids is 2. The first-order valence-electron chi connectivity index (χ1n) is 6.13. The Hall–Kier alpha value is -0.900. The third kappa shape index (κ3) is 3.30. The minimum atomic E-state index is -0.278. The maximum atomic E-state index is 11.7. The number of likely N-dealkylation sites (tertiary alicyclic amines) is 1. The quantitative estimate of drug-likeness (QED) is 0.546. The summed E-state index contributed by atoms with van der Waals surface area (Å²) in [6.07, 6.45) is 2.54. The second kappa shape index (κ2) is 5.99. The lowest BCUT2D eigenvalue weighted by Gasteiger charge is -2.13. The third-order valence-corrected chi connectivity index (χ3v) is 2.91. The van der Waals surface area contributed by atoms with Gasteiger partial charge < -0.3 is 5.32 Å². The molecule has 1 aliphatic heterocycles. The fourth-order valence-electron chi connectivity index (χ4n) is 1.96. The molecule has 1 atom stereocenters. The number of nitrogens with one attached hydrogen (secondary N) is 1. The Morgan fingerprint density at radius 1 is 1.44 bits per heavy atom. The smallest absolute Gasteiger partial charge is 0.246 e. The molecule has 4 heteroatoms. The second-order valence-corrected chi connectivity index (χ2v) is 4.72. The average molecular weight is 226 g/mol. The van der Waals surface area contributed by atoms with Gasteiger partial charge in [-0.3, -0.25) is 14.5 Å². The van der Waals surface area contributed by atoms with Gasteiger partial charge in [0.1, 0.15) is 0 Å². The van der Waals surface area contributed by atoms with Crippen LogP contribution in [-0.2, 0) is 9.59 Å². The Labute approximate surface area is 97.4 Å². The number of nitrogens with zero attached hydrogens (tertiary/aromatic N) is 1. The van der Waals surface area contributed by atoms with E-state index >= 15 is 0 Å². The molecule has 1 rings (SSSR count). The van der Waals surface area contributed by atoms with Crippen LogP contribution < -0.4 is 5.32 Å². The molecule has 1 unspecified atom stereocenters. The fraction of sp³-hybridized carbons (Fsp3) is 0.833. The Morgan fingerprint density at radius 2 is 2.12 bits per heavy atom. The molecule has 1 saturated heterocycles. The lowest BCUT2D eigenvalue weighted by Crippen LogP contribution is -2.39.